The zero-order chi connectivity index (χ0) is 13.8. The summed E-state index contributed by atoms with van der Waals surface area (Å²) in [6.45, 7) is 3.83. The summed E-state index contributed by atoms with van der Waals surface area (Å²) in [5, 5.41) is 3.33. The average molecular weight is 272 g/mol. The van der Waals surface area contributed by atoms with Crippen LogP contribution < -0.4 is 15.0 Å². The predicted molar refractivity (Wildman–Crippen MR) is 78.0 cm³/mol. The van der Waals surface area contributed by atoms with Crippen LogP contribution in [0, 0.1) is 5.82 Å². The van der Waals surface area contributed by atoms with Gasteiger partial charge in [0.15, 0.2) is 5.75 Å². The number of halogens is 1. The molecule has 3 rings (SSSR count). The van der Waals surface area contributed by atoms with E-state index in [2.05, 4.69) is 10.2 Å². The first-order valence-corrected chi connectivity index (χ1v) is 6.81. The molecule has 104 valence electrons. The van der Waals surface area contributed by atoms with Crippen LogP contribution in [-0.2, 0) is 0 Å². The zero-order valence-electron chi connectivity index (χ0n) is 11.2. The second-order valence-electron chi connectivity index (χ2n) is 4.76. The van der Waals surface area contributed by atoms with Crippen LogP contribution in [0.3, 0.4) is 0 Å². The number of piperazine rings is 1. The van der Waals surface area contributed by atoms with Crippen molar-refractivity contribution in [1.82, 2.24) is 5.32 Å². The molecule has 1 N–H and O–H groups in total. The molecule has 1 aliphatic rings. The number of ether oxygens (including phenoxy) is 1. The summed E-state index contributed by atoms with van der Waals surface area (Å²) in [6, 6.07) is 14.1. The highest BCUT2D eigenvalue weighted by Gasteiger charge is 2.15. The average Bonchev–Trinajstić information content (AvgIpc) is 2.49. The van der Waals surface area contributed by atoms with E-state index >= 15 is 0 Å². The fourth-order valence-electron chi connectivity index (χ4n) is 2.37. The minimum atomic E-state index is -0.290. The van der Waals surface area contributed by atoms with Crippen LogP contribution in [0.15, 0.2) is 48.5 Å². The Bertz CT molecular complexity index is 582. The molecule has 1 fully saturated rings. The molecule has 0 spiro atoms. The number of para-hydroxylation sites is 2. The molecule has 0 aliphatic carbocycles. The third kappa shape index (κ3) is 2.91. The number of nitrogens with one attached hydrogen (secondary N) is 1. The van der Waals surface area contributed by atoms with Crippen LogP contribution in [0.2, 0.25) is 0 Å². The van der Waals surface area contributed by atoms with Crippen molar-refractivity contribution in [2.24, 2.45) is 0 Å². The van der Waals surface area contributed by atoms with Crippen molar-refractivity contribution in [1.29, 1.82) is 0 Å². The maximum absolute atomic E-state index is 13.2. The summed E-state index contributed by atoms with van der Waals surface area (Å²) >= 11 is 0. The van der Waals surface area contributed by atoms with E-state index in [0.29, 0.717) is 5.75 Å². The van der Waals surface area contributed by atoms with E-state index < -0.39 is 0 Å². The van der Waals surface area contributed by atoms with Gasteiger partial charge in [0.25, 0.3) is 0 Å². The second kappa shape index (κ2) is 5.92. The summed E-state index contributed by atoms with van der Waals surface area (Å²) in [4.78, 5) is 2.28. The van der Waals surface area contributed by atoms with Crippen molar-refractivity contribution in [3.63, 3.8) is 0 Å². The first-order valence-electron chi connectivity index (χ1n) is 6.81. The SMILES string of the molecule is Fc1cccc(Oc2ccccc2N2CCNCC2)c1. The van der Waals surface area contributed by atoms with E-state index in [1.807, 2.05) is 24.3 Å². The fourth-order valence-corrected chi connectivity index (χ4v) is 2.37. The van der Waals surface area contributed by atoms with Crippen LogP contribution >= 0.6 is 0 Å². The van der Waals surface area contributed by atoms with Crippen molar-refractivity contribution < 1.29 is 9.13 Å². The Hall–Kier alpha value is -2.07. The molecule has 1 heterocycles. The Labute approximate surface area is 118 Å². The Balaban J connectivity index is 1.85. The van der Waals surface area contributed by atoms with Crippen LogP contribution in [0.4, 0.5) is 10.1 Å². The number of hydrogen-bond donors (Lipinski definition) is 1. The molecule has 2 aromatic carbocycles. The molecular weight excluding hydrogens is 255 g/mol. The van der Waals surface area contributed by atoms with Gasteiger partial charge in [-0.3, -0.25) is 0 Å². The molecule has 0 bridgehead atoms. The van der Waals surface area contributed by atoms with Gasteiger partial charge in [-0.05, 0) is 24.3 Å². The normalized spacial score (nSPS) is 15.2. The van der Waals surface area contributed by atoms with Gasteiger partial charge in [-0.1, -0.05) is 18.2 Å². The van der Waals surface area contributed by atoms with Gasteiger partial charge in [0, 0.05) is 32.2 Å². The van der Waals surface area contributed by atoms with Crippen molar-refractivity contribution in [2.45, 2.75) is 0 Å². The smallest absolute Gasteiger partial charge is 0.150 e. The molecule has 0 radical (unpaired) electrons. The third-order valence-electron chi connectivity index (χ3n) is 3.35. The molecule has 0 atom stereocenters. The highest BCUT2D eigenvalue weighted by Crippen LogP contribution is 2.32. The van der Waals surface area contributed by atoms with E-state index in [-0.39, 0.29) is 5.82 Å². The molecule has 4 heteroatoms. The lowest BCUT2D eigenvalue weighted by molar-refractivity contribution is 0.472. The minimum absolute atomic E-state index is 0.290. The molecule has 3 nitrogen and oxygen atoms in total. The maximum Gasteiger partial charge on any atom is 0.150 e. The van der Waals surface area contributed by atoms with Gasteiger partial charge in [-0.15, -0.1) is 0 Å². The van der Waals surface area contributed by atoms with Gasteiger partial charge in [0.1, 0.15) is 11.6 Å². The van der Waals surface area contributed by atoms with Crippen LogP contribution in [0.1, 0.15) is 0 Å². The summed E-state index contributed by atoms with van der Waals surface area (Å²) in [6.07, 6.45) is 0. The van der Waals surface area contributed by atoms with Crippen LogP contribution in [-0.4, -0.2) is 26.2 Å². The predicted octanol–water partition coefficient (Wildman–Crippen LogP) is 3.03. The minimum Gasteiger partial charge on any atom is -0.455 e. The molecule has 0 unspecified atom stereocenters. The van der Waals surface area contributed by atoms with Gasteiger partial charge in [-0.25, -0.2) is 4.39 Å². The fraction of sp³-hybridized carbons (Fsp3) is 0.250. The highest BCUT2D eigenvalue weighted by molar-refractivity contribution is 5.59. The highest BCUT2D eigenvalue weighted by atomic mass is 19.1. The standard InChI is InChI=1S/C16H17FN2O/c17-13-4-3-5-14(12-13)20-16-7-2-1-6-15(16)19-10-8-18-9-11-19/h1-7,12,18H,8-11H2. The summed E-state index contributed by atoms with van der Waals surface area (Å²) in [5.74, 6) is 0.995. The summed E-state index contributed by atoms with van der Waals surface area (Å²) in [5.41, 5.74) is 1.05. The quantitative estimate of drug-likeness (QED) is 0.929. The summed E-state index contributed by atoms with van der Waals surface area (Å²) < 4.78 is 19.1. The molecular formula is C16H17FN2O. The van der Waals surface area contributed by atoms with Crippen molar-refractivity contribution in [3.8, 4) is 11.5 Å². The molecule has 0 aromatic heterocycles. The lowest BCUT2D eigenvalue weighted by Gasteiger charge is -2.30. The first-order chi connectivity index (χ1) is 9.83. The molecule has 0 amide bonds. The Morgan fingerprint density at radius 1 is 1.00 bits per heavy atom. The molecule has 20 heavy (non-hydrogen) atoms. The Kier molecular flexibility index (Phi) is 3.83. The van der Waals surface area contributed by atoms with E-state index in [0.717, 1.165) is 37.6 Å². The first kappa shape index (κ1) is 12.9. The largest absolute Gasteiger partial charge is 0.455 e. The number of anilines is 1. The van der Waals surface area contributed by atoms with Crippen LogP contribution in [0.5, 0.6) is 11.5 Å². The number of nitrogens with zero attached hydrogens (tertiary/aromatic N) is 1. The van der Waals surface area contributed by atoms with E-state index in [4.69, 9.17) is 4.74 Å². The zero-order valence-corrected chi connectivity index (χ0v) is 11.2. The van der Waals surface area contributed by atoms with Gasteiger partial charge >= 0.3 is 0 Å². The third-order valence-corrected chi connectivity index (χ3v) is 3.35. The summed E-state index contributed by atoms with van der Waals surface area (Å²) in [7, 11) is 0. The number of hydrogen-bond acceptors (Lipinski definition) is 3. The van der Waals surface area contributed by atoms with Crippen LogP contribution in [0.25, 0.3) is 0 Å². The number of rotatable bonds is 3. The number of benzene rings is 2. The van der Waals surface area contributed by atoms with E-state index in [1.165, 1.54) is 12.1 Å². The van der Waals surface area contributed by atoms with E-state index in [1.54, 1.807) is 12.1 Å². The monoisotopic (exact) mass is 272 g/mol. The maximum atomic E-state index is 13.2. The second-order valence-corrected chi connectivity index (χ2v) is 4.76. The molecule has 1 aliphatic heterocycles. The molecule has 1 saturated heterocycles. The van der Waals surface area contributed by atoms with Gasteiger partial charge in [0.2, 0.25) is 0 Å². The topological polar surface area (TPSA) is 24.5 Å². The van der Waals surface area contributed by atoms with Crippen molar-refractivity contribution in [2.75, 3.05) is 31.1 Å². The lowest BCUT2D eigenvalue weighted by atomic mass is 10.2. The van der Waals surface area contributed by atoms with Gasteiger partial charge in [0.05, 0.1) is 5.69 Å². The lowest BCUT2D eigenvalue weighted by Crippen LogP contribution is -2.43. The van der Waals surface area contributed by atoms with E-state index in [9.17, 15) is 4.39 Å². The Morgan fingerprint density at radius 2 is 1.80 bits per heavy atom. The van der Waals surface area contributed by atoms with Crippen molar-refractivity contribution >= 4 is 5.69 Å². The molecule has 0 saturated carbocycles. The Morgan fingerprint density at radius 3 is 2.60 bits per heavy atom. The van der Waals surface area contributed by atoms with Gasteiger partial charge in [-0.2, -0.15) is 0 Å². The van der Waals surface area contributed by atoms with Gasteiger partial charge < -0.3 is 15.0 Å². The van der Waals surface area contributed by atoms with Crippen molar-refractivity contribution in [3.05, 3.63) is 54.3 Å². The molecule has 2 aromatic rings.